The van der Waals surface area contributed by atoms with E-state index in [0.29, 0.717) is 6.42 Å². The molecule has 0 saturated carbocycles. The average Bonchev–Trinajstić information content (AvgIpc) is 3.25. The first-order valence-electron chi connectivity index (χ1n) is 37.9. The smallest absolute Gasteiger partial charge is 0.462 e. The predicted molar refractivity (Wildman–Crippen MR) is 412 cm³/mol. The van der Waals surface area contributed by atoms with E-state index >= 15 is 0 Å². The number of rotatable bonds is 69. The Balaban J connectivity index is 3.92. The van der Waals surface area contributed by atoms with E-state index in [1.165, 1.54) is 109 Å². The second-order valence-corrected chi connectivity index (χ2v) is 25.9. The Bertz CT molecular complexity index is 2270. The fraction of sp³-hybridized carbons (Fsp3) is 0.600. The summed E-state index contributed by atoms with van der Waals surface area (Å²) in [5.41, 5.74) is 5.41. The zero-order valence-corrected chi connectivity index (χ0v) is 61.2. The summed E-state index contributed by atoms with van der Waals surface area (Å²) in [4.78, 5) is 35.4. The van der Waals surface area contributed by atoms with E-state index in [0.717, 1.165) is 154 Å². The van der Waals surface area contributed by atoms with Crippen LogP contribution < -0.4 is 5.73 Å². The largest absolute Gasteiger partial charge is 0.472 e. The number of esters is 2. The van der Waals surface area contributed by atoms with Gasteiger partial charge in [0, 0.05) is 19.4 Å². The Kier molecular flexibility index (Phi) is 73.6. The summed E-state index contributed by atoms with van der Waals surface area (Å²) in [7, 11) is -4.41. The number of carbonyl (C=O) groups excluding carboxylic acids is 2. The molecule has 0 fully saturated rings. The van der Waals surface area contributed by atoms with Crippen LogP contribution in [-0.2, 0) is 32.7 Å². The molecule has 0 aromatic rings. The number of allylic oxidation sites excluding steroid dienone is 32. The Hall–Kier alpha value is -5.15. The first-order chi connectivity index (χ1) is 46.8. The quantitative estimate of drug-likeness (QED) is 0.0264. The van der Waals surface area contributed by atoms with Crippen LogP contribution in [-0.4, -0.2) is 49.3 Å². The molecule has 0 aliphatic heterocycles. The molecular weight excluding hydrogens is 1190 g/mol. The van der Waals surface area contributed by atoms with E-state index in [-0.39, 0.29) is 38.6 Å². The fourth-order valence-electron chi connectivity index (χ4n) is 9.96. The minimum Gasteiger partial charge on any atom is -0.462 e. The Morgan fingerprint density at radius 2 is 0.547 bits per heavy atom. The van der Waals surface area contributed by atoms with E-state index in [1.807, 2.05) is 0 Å². The maximum atomic E-state index is 12.8. The van der Waals surface area contributed by atoms with Crippen LogP contribution in [0.4, 0.5) is 0 Å². The van der Waals surface area contributed by atoms with Crippen LogP contribution in [0.5, 0.6) is 0 Å². The summed E-state index contributed by atoms with van der Waals surface area (Å²) >= 11 is 0. The Morgan fingerprint density at radius 3 is 0.811 bits per heavy atom. The van der Waals surface area contributed by atoms with Gasteiger partial charge >= 0.3 is 19.8 Å². The van der Waals surface area contributed by atoms with Crippen molar-refractivity contribution in [3.05, 3.63) is 194 Å². The third kappa shape index (κ3) is 77.7. The van der Waals surface area contributed by atoms with Crippen LogP contribution >= 0.6 is 7.82 Å². The molecule has 0 aromatic carbocycles. The molecule has 95 heavy (non-hydrogen) atoms. The van der Waals surface area contributed by atoms with Crippen molar-refractivity contribution < 1.29 is 37.6 Å². The molecule has 10 heteroatoms. The number of unbranched alkanes of at least 4 members (excludes halogenated alkanes) is 24. The van der Waals surface area contributed by atoms with Crippen LogP contribution in [0.2, 0.25) is 0 Å². The molecule has 0 aromatic heterocycles. The van der Waals surface area contributed by atoms with E-state index in [9.17, 15) is 19.0 Å². The number of ether oxygens (including phenoxy) is 2. The number of carbonyl (C=O) groups is 2. The molecule has 9 nitrogen and oxygen atoms in total. The van der Waals surface area contributed by atoms with Gasteiger partial charge < -0.3 is 20.1 Å². The van der Waals surface area contributed by atoms with Crippen LogP contribution in [0, 0.1) is 0 Å². The van der Waals surface area contributed by atoms with Gasteiger partial charge in [-0.1, -0.05) is 337 Å². The summed E-state index contributed by atoms with van der Waals surface area (Å²) in [6, 6.07) is 0. The maximum absolute atomic E-state index is 12.8. The van der Waals surface area contributed by atoms with Crippen molar-refractivity contribution >= 4 is 19.8 Å². The summed E-state index contributed by atoms with van der Waals surface area (Å²) in [5.74, 6) is -0.854. The van der Waals surface area contributed by atoms with Gasteiger partial charge in [-0.25, -0.2) is 4.57 Å². The fourth-order valence-corrected chi connectivity index (χ4v) is 10.7. The minimum absolute atomic E-state index is 0.0416. The van der Waals surface area contributed by atoms with Crippen molar-refractivity contribution in [3.63, 3.8) is 0 Å². The molecule has 2 unspecified atom stereocenters. The molecule has 0 spiro atoms. The van der Waals surface area contributed by atoms with Crippen molar-refractivity contribution in [3.8, 4) is 0 Å². The van der Waals surface area contributed by atoms with Crippen molar-refractivity contribution in [1.82, 2.24) is 0 Å². The topological polar surface area (TPSA) is 134 Å². The Morgan fingerprint density at radius 1 is 0.316 bits per heavy atom. The normalized spacial score (nSPS) is 14.0. The lowest BCUT2D eigenvalue weighted by Gasteiger charge is -2.19. The van der Waals surface area contributed by atoms with Crippen molar-refractivity contribution in [1.29, 1.82) is 0 Å². The SMILES string of the molecule is CC/C=C\C/C=C\C/C=C\C/C=C\C/C=C\C/C=C\C/C=C\C/C=C\C/C=C\CCCCCCCC(=O)OC(COC(=O)CCCCCCCCCCCCCCCCCCCCC/C=C\C/C=C\C/C=C\C/C=C\C/C=C\C/C=C\C/C=C\CC)COP(=O)(O)OCCN. The minimum atomic E-state index is -4.41. The molecule has 0 radical (unpaired) electrons. The van der Waals surface area contributed by atoms with Crippen molar-refractivity contribution in [2.45, 2.75) is 302 Å². The first-order valence-corrected chi connectivity index (χ1v) is 39.4. The number of phosphoric acid groups is 1. The molecule has 2 atom stereocenters. The highest BCUT2D eigenvalue weighted by atomic mass is 31.2. The molecule has 0 rings (SSSR count). The highest BCUT2D eigenvalue weighted by Gasteiger charge is 2.26. The van der Waals surface area contributed by atoms with E-state index in [2.05, 4.69) is 208 Å². The lowest BCUT2D eigenvalue weighted by molar-refractivity contribution is -0.161. The summed E-state index contributed by atoms with van der Waals surface area (Å²) in [6.45, 7) is 3.49. The van der Waals surface area contributed by atoms with Gasteiger partial charge in [-0.3, -0.25) is 18.6 Å². The number of hydrogen-bond donors (Lipinski definition) is 2. The molecular formula is C85H138NO8P. The lowest BCUT2D eigenvalue weighted by Crippen LogP contribution is -2.29. The second-order valence-electron chi connectivity index (χ2n) is 24.4. The zero-order chi connectivity index (χ0) is 68.6. The van der Waals surface area contributed by atoms with Crippen molar-refractivity contribution in [2.75, 3.05) is 26.4 Å². The third-order valence-corrected chi connectivity index (χ3v) is 16.5. The van der Waals surface area contributed by atoms with Gasteiger partial charge in [0.2, 0.25) is 0 Å². The van der Waals surface area contributed by atoms with Gasteiger partial charge in [0.05, 0.1) is 13.2 Å². The van der Waals surface area contributed by atoms with Crippen LogP contribution in [0.1, 0.15) is 296 Å². The van der Waals surface area contributed by atoms with Gasteiger partial charge in [-0.05, 0) is 141 Å². The highest BCUT2D eigenvalue weighted by Crippen LogP contribution is 2.43. The number of phosphoric ester groups is 1. The van der Waals surface area contributed by atoms with Crippen LogP contribution in [0.25, 0.3) is 0 Å². The summed E-state index contributed by atoms with van der Waals surface area (Å²) < 4.78 is 33.2. The molecule has 0 aliphatic rings. The second kappa shape index (κ2) is 77.9. The molecule has 0 bridgehead atoms. The lowest BCUT2D eigenvalue weighted by atomic mass is 10.0. The van der Waals surface area contributed by atoms with Gasteiger partial charge in [0.1, 0.15) is 6.61 Å². The van der Waals surface area contributed by atoms with Crippen molar-refractivity contribution in [2.24, 2.45) is 5.73 Å². The average molecular weight is 1330 g/mol. The van der Waals surface area contributed by atoms with Gasteiger partial charge in [-0.15, -0.1) is 0 Å². The first kappa shape index (κ1) is 89.8. The molecule has 0 amide bonds. The van der Waals surface area contributed by atoms with E-state index in [4.69, 9.17) is 24.3 Å². The monoisotopic (exact) mass is 1330 g/mol. The van der Waals surface area contributed by atoms with E-state index in [1.54, 1.807) is 0 Å². The number of nitrogens with two attached hydrogens (primary N) is 1. The van der Waals surface area contributed by atoms with E-state index < -0.39 is 26.5 Å². The van der Waals surface area contributed by atoms with Gasteiger partial charge in [0.25, 0.3) is 0 Å². The molecule has 3 N–H and O–H groups in total. The molecule has 0 aliphatic carbocycles. The third-order valence-electron chi connectivity index (χ3n) is 15.5. The number of hydrogen-bond acceptors (Lipinski definition) is 8. The molecule has 0 heterocycles. The summed E-state index contributed by atoms with van der Waals surface area (Å²) in [6.07, 6.45) is 118. The summed E-state index contributed by atoms with van der Waals surface area (Å²) in [5, 5.41) is 0. The van der Waals surface area contributed by atoms with Crippen LogP contribution in [0.3, 0.4) is 0 Å². The zero-order valence-electron chi connectivity index (χ0n) is 60.3. The van der Waals surface area contributed by atoms with Crippen LogP contribution in [0.15, 0.2) is 194 Å². The molecule has 536 valence electrons. The highest BCUT2D eigenvalue weighted by molar-refractivity contribution is 7.47. The predicted octanol–water partition coefficient (Wildman–Crippen LogP) is 25.6. The standard InChI is InChI=1S/C85H138NO8P/c1-3-5-7-9-11-13-15-17-19-21-23-25-27-29-31-33-35-37-38-39-40-41-42-43-44-46-47-49-51-53-55-57-59-61-63-65-67-69-71-73-75-77-84(87)91-81-83(82-93-95(89,90)92-80-79-86)94-85(88)78-76-74-72-70-68-66-64-62-60-58-56-54-52-50-48-45-36-34-32-30-28-26-24-22-20-18-16-14-12-10-8-6-4-2/h5-8,11-14,17-20,23-26,29-32,35-37,39-40,45,50,52,56,58,62,64,83H,3-4,9-10,15-16,21-22,27-28,33-34,38,41-44,46-49,51,53-55,57,59-61,63,65-82,86H2,1-2H3,(H,89,90)/b7-5-,8-6-,13-11-,14-12-,19-17-,20-18-,25-23-,26-24-,31-29-,32-30-,37-35-,40-39-,45-36-,52-50-,58-56-,64-62-. The Labute approximate surface area is 583 Å². The van der Waals surface area contributed by atoms with Gasteiger partial charge in [-0.2, -0.15) is 0 Å². The van der Waals surface area contributed by atoms with Gasteiger partial charge in [0.15, 0.2) is 6.10 Å². The maximum Gasteiger partial charge on any atom is 0.472 e. The molecule has 0 saturated heterocycles.